The van der Waals surface area contributed by atoms with Gasteiger partial charge in [0.25, 0.3) is 0 Å². The number of piperidine rings is 1. The highest BCUT2D eigenvalue weighted by atomic mass is 32.1. The highest BCUT2D eigenvalue weighted by Crippen LogP contribution is 2.35. The zero-order chi connectivity index (χ0) is 21.2. The van der Waals surface area contributed by atoms with Gasteiger partial charge < -0.3 is 4.74 Å². The van der Waals surface area contributed by atoms with Gasteiger partial charge in [0, 0.05) is 30.5 Å². The van der Waals surface area contributed by atoms with Gasteiger partial charge in [-0.25, -0.2) is 4.68 Å². The van der Waals surface area contributed by atoms with E-state index in [0.717, 1.165) is 46.7 Å². The molecule has 0 amide bonds. The fourth-order valence-electron chi connectivity index (χ4n) is 5.23. The predicted molar refractivity (Wildman–Crippen MR) is 124 cm³/mol. The number of pyridine rings is 1. The number of fused-ring (bicyclic) bond motifs is 1. The van der Waals surface area contributed by atoms with Crippen LogP contribution < -0.4 is 4.74 Å². The lowest BCUT2D eigenvalue weighted by molar-refractivity contribution is 0.0324. The zero-order valence-electron chi connectivity index (χ0n) is 18.0. The summed E-state index contributed by atoms with van der Waals surface area (Å²) in [4.78, 5) is 6.79. The van der Waals surface area contributed by atoms with E-state index in [1.165, 1.54) is 38.5 Å². The molecule has 2 fully saturated rings. The molecule has 3 heterocycles. The van der Waals surface area contributed by atoms with E-state index in [1.54, 1.807) is 19.5 Å². The van der Waals surface area contributed by atoms with Gasteiger partial charge in [0.15, 0.2) is 5.82 Å². The van der Waals surface area contributed by atoms with Gasteiger partial charge in [-0.15, -0.1) is 5.10 Å². The van der Waals surface area contributed by atoms with Crippen LogP contribution in [-0.2, 0) is 6.67 Å². The molecular formula is C24H29N5OS. The van der Waals surface area contributed by atoms with Crippen LogP contribution in [0, 0.1) is 10.7 Å². The maximum Gasteiger partial charge on any atom is 0.204 e. The molecule has 31 heavy (non-hydrogen) atoms. The molecule has 2 aromatic heterocycles. The van der Waals surface area contributed by atoms with Crippen molar-refractivity contribution in [2.75, 3.05) is 13.7 Å². The Hall–Kier alpha value is -2.51. The Morgan fingerprint density at radius 2 is 1.74 bits per heavy atom. The number of hydrogen-bond donors (Lipinski definition) is 0. The Morgan fingerprint density at radius 3 is 2.52 bits per heavy atom. The third kappa shape index (κ3) is 4.04. The van der Waals surface area contributed by atoms with Gasteiger partial charge in [-0.1, -0.05) is 12.8 Å². The van der Waals surface area contributed by atoms with Crippen molar-refractivity contribution >= 4 is 12.2 Å². The zero-order valence-corrected chi connectivity index (χ0v) is 18.8. The summed E-state index contributed by atoms with van der Waals surface area (Å²) in [5.41, 5.74) is 1.99. The molecule has 1 saturated carbocycles. The Labute approximate surface area is 188 Å². The van der Waals surface area contributed by atoms with Crippen LogP contribution in [0.1, 0.15) is 38.5 Å². The third-order valence-corrected chi connectivity index (χ3v) is 7.18. The van der Waals surface area contributed by atoms with Crippen molar-refractivity contribution in [1.29, 1.82) is 0 Å². The molecule has 2 aliphatic rings. The van der Waals surface area contributed by atoms with E-state index in [-0.39, 0.29) is 0 Å². The smallest absolute Gasteiger partial charge is 0.204 e. The van der Waals surface area contributed by atoms with Crippen LogP contribution in [0.5, 0.6) is 5.75 Å². The van der Waals surface area contributed by atoms with Crippen molar-refractivity contribution in [2.45, 2.75) is 51.2 Å². The number of likely N-dealkylation sites (tertiary alicyclic amines) is 1. The highest BCUT2D eigenvalue weighted by Gasteiger charge is 2.33. The minimum Gasteiger partial charge on any atom is -0.497 e. The molecule has 0 radical (unpaired) electrons. The molecule has 0 N–H and O–H groups in total. The Bertz CT molecular complexity index is 1070. The van der Waals surface area contributed by atoms with Crippen molar-refractivity contribution in [3.8, 4) is 22.8 Å². The van der Waals surface area contributed by atoms with E-state index in [1.807, 2.05) is 41.1 Å². The molecule has 0 spiro atoms. The Kier molecular flexibility index (Phi) is 5.87. The minimum atomic E-state index is 0.667. The average molecular weight is 436 g/mol. The first kappa shape index (κ1) is 20.4. The van der Waals surface area contributed by atoms with Crippen molar-refractivity contribution in [2.24, 2.45) is 5.92 Å². The minimum absolute atomic E-state index is 0.667. The third-order valence-electron chi connectivity index (χ3n) is 6.78. The van der Waals surface area contributed by atoms with Gasteiger partial charge in [-0.05, 0) is 80.2 Å². The normalized spacial score (nSPS) is 21.6. The summed E-state index contributed by atoms with van der Waals surface area (Å²) in [7, 11) is 1.68. The van der Waals surface area contributed by atoms with E-state index < -0.39 is 0 Å². The van der Waals surface area contributed by atoms with Crippen molar-refractivity contribution in [1.82, 2.24) is 24.2 Å². The molecule has 1 aliphatic heterocycles. The summed E-state index contributed by atoms with van der Waals surface area (Å²) in [5.74, 6) is 2.50. The van der Waals surface area contributed by atoms with Crippen LogP contribution in [0.25, 0.3) is 17.1 Å². The molecule has 2 atom stereocenters. The van der Waals surface area contributed by atoms with E-state index >= 15 is 0 Å². The molecule has 7 heteroatoms. The Morgan fingerprint density at radius 1 is 1.00 bits per heavy atom. The molecule has 0 bridgehead atoms. The number of rotatable bonds is 5. The van der Waals surface area contributed by atoms with Crippen LogP contribution in [-0.4, -0.2) is 43.9 Å². The van der Waals surface area contributed by atoms with Gasteiger partial charge in [0.2, 0.25) is 4.77 Å². The number of ether oxygens (including phenoxy) is 1. The van der Waals surface area contributed by atoms with Gasteiger partial charge in [0.05, 0.1) is 19.5 Å². The molecule has 2 unspecified atom stereocenters. The van der Waals surface area contributed by atoms with Crippen molar-refractivity contribution < 1.29 is 4.74 Å². The molecule has 1 aromatic carbocycles. The maximum absolute atomic E-state index is 5.96. The van der Waals surface area contributed by atoms with Crippen LogP contribution >= 0.6 is 12.2 Å². The fraction of sp³-hybridized carbons (Fsp3) is 0.458. The monoisotopic (exact) mass is 435 g/mol. The van der Waals surface area contributed by atoms with Crippen molar-refractivity contribution in [3.63, 3.8) is 0 Å². The second kappa shape index (κ2) is 8.93. The van der Waals surface area contributed by atoms with Crippen LogP contribution in [0.2, 0.25) is 0 Å². The van der Waals surface area contributed by atoms with Gasteiger partial charge in [-0.2, -0.15) is 0 Å². The first-order chi connectivity index (χ1) is 15.2. The van der Waals surface area contributed by atoms with E-state index in [9.17, 15) is 0 Å². The van der Waals surface area contributed by atoms with Crippen molar-refractivity contribution in [3.05, 3.63) is 53.6 Å². The maximum atomic E-state index is 5.96. The largest absolute Gasteiger partial charge is 0.497 e. The second-order valence-electron chi connectivity index (χ2n) is 8.58. The number of nitrogens with zero attached hydrogens (tertiary/aromatic N) is 5. The van der Waals surface area contributed by atoms with E-state index in [2.05, 4.69) is 14.5 Å². The summed E-state index contributed by atoms with van der Waals surface area (Å²) in [6.45, 7) is 1.88. The summed E-state index contributed by atoms with van der Waals surface area (Å²) in [5, 5.41) is 5.01. The number of benzene rings is 1. The second-order valence-corrected chi connectivity index (χ2v) is 8.95. The number of hydrogen-bond acceptors (Lipinski definition) is 5. The summed E-state index contributed by atoms with van der Waals surface area (Å²) >= 11 is 5.96. The topological polar surface area (TPSA) is 48.1 Å². The lowest BCUT2D eigenvalue weighted by atomic mass is 9.78. The average Bonchev–Trinajstić information content (AvgIpc) is 3.16. The lowest BCUT2D eigenvalue weighted by Crippen LogP contribution is -2.47. The van der Waals surface area contributed by atoms with Crippen LogP contribution in [0.4, 0.5) is 0 Å². The van der Waals surface area contributed by atoms with Crippen LogP contribution in [0.15, 0.2) is 48.8 Å². The fourth-order valence-corrected chi connectivity index (χ4v) is 5.52. The Balaban J connectivity index is 1.54. The molecule has 5 rings (SSSR count). The summed E-state index contributed by atoms with van der Waals surface area (Å²) < 4.78 is 10.1. The molecule has 6 nitrogen and oxygen atoms in total. The van der Waals surface area contributed by atoms with E-state index in [4.69, 9.17) is 22.1 Å². The first-order valence-electron chi connectivity index (χ1n) is 11.2. The lowest BCUT2D eigenvalue weighted by Gasteiger charge is -2.43. The highest BCUT2D eigenvalue weighted by molar-refractivity contribution is 7.71. The van der Waals surface area contributed by atoms with Gasteiger partial charge in [-0.3, -0.25) is 14.5 Å². The standard InChI is InChI=1S/C24H29N5OS/c1-30-21-10-8-20(9-11-21)29-23(19-12-14-25-15-13-19)26-28(24(29)31)17-27-16-4-6-18-5-2-3-7-22(18)27/h8-15,18,22H,2-7,16-17H2,1H3. The summed E-state index contributed by atoms with van der Waals surface area (Å²) in [6.07, 6.45) is 11.6. The molecule has 1 saturated heterocycles. The molecule has 3 aromatic rings. The summed E-state index contributed by atoms with van der Waals surface area (Å²) in [6, 6.07) is 12.6. The first-order valence-corrected chi connectivity index (χ1v) is 11.6. The molecule has 162 valence electrons. The quantitative estimate of drug-likeness (QED) is 0.523. The SMILES string of the molecule is COc1ccc(-n2c(-c3ccncc3)nn(CN3CCCC4CCCCC43)c2=S)cc1. The molecular weight excluding hydrogens is 406 g/mol. The molecule has 1 aliphatic carbocycles. The predicted octanol–water partition coefficient (Wildman–Crippen LogP) is 5.09. The van der Waals surface area contributed by atoms with E-state index in [0.29, 0.717) is 6.04 Å². The number of methoxy groups -OCH3 is 1. The van der Waals surface area contributed by atoms with Gasteiger partial charge >= 0.3 is 0 Å². The van der Waals surface area contributed by atoms with Crippen LogP contribution in [0.3, 0.4) is 0 Å². The number of aromatic nitrogens is 4. The van der Waals surface area contributed by atoms with Gasteiger partial charge in [0.1, 0.15) is 5.75 Å².